The lowest BCUT2D eigenvalue weighted by molar-refractivity contribution is 0.0426. The Kier molecular flexibility index (Phi) is 5.83. The zero-order valence-electron chi connectivity index (χ0n) is 12.1. The van der Waals surface area contributed by atoms with Crippen molar-refractivity contribution in [3.8, 4) is 0 Å². The van der Waals surface area contributed by atoms with Gasteiger partial charge in [-0.05, 0) is 45.5 Å². The summed E-state index contributed by atoms with van der Waals surface area (Å²) in [4.78, 5) is 2.46. The summed E-state index contributed by atoms with van der Waals surface area (Å²) in [5.74, 6) is 0. The van der Waals surface area contributed by atoms with Gasteiger partial charge in [0.2, 0.25) is 0 Å². The van der Waals surface area contributed by atoms with Gasteiger partial charge >= 0.3 is 0 Å². The third kappa shape index (κ3) is 4.30. The Morgan fingerprint density at radius 2 is 2.16 bits per heavy atom. The van der Waals surface area contributed by atoms with Crippen LogP contribution in [0.15, 0.2) is 30.3 Å². The predicted octanol–water partition coefficient (Wildman–Crippen LogP) is 2.45. The Hall–Kier alpha value is -0.900. The quantitative estimate of drug-likeness (QED) is 0.817. The summed E-state index contributed by atoms with van der Waals surface area (Å²) in [5.41, 5.74) is 1.26. The highest BCUT2D eigenvalue weighted by Crippen LogP contribution is 2.20. The fraction of sp³-hybridized carbons (Fsp3) is 0.625. The molecule has 0 radical (unpaired) electrons. The molecule has 0 amide bonds. The lowest BCUT2D eigenvalue weighted by Gasteiger charge is -2.22. The van der Waals surface area contributed by atoms with Gasteiger partial charge in [-0.2, -0.15) is 0 Å². The van der Waals surface area contributed by atoms with Crippen LogP contribution in [0, 0.1) is 0 Å². The van der Waals surface area contributed by atoms with Crippen LogP contribution in [-0.4, -0.2) is 44.7 Å². The van der Waals surface area contributed by atoms with Gasteiger partial charge in [0.1, 0.15) is 0 Å². The SMILES string of the molecule is CNCC(OCCC1CCCN1C)c1ccccc1. The van der Waals surface area contributed by atoms with E-state index in [0.29, 0.717) is 6.04 Å². The zero-order valence-corrected chi connectivity index (χ0v) is 12.1. The first kappa shape index (κ1) is 14.5. The summed E-state index contributed by atoms with van der Waals surface area (Å²) in [7, 11) is 4.20. The molecule has 0 aromatic heterocycles. The molecule has 19 heavy (non-hydrogen) atoms. The largest absolute Gasteiger partial charge is 0.372 e. The van der Waals surface area contributed by atoms with Crippen molar-refractivity contribution in [2.45, 2.75) is 31.4 Å². The molecule has 1 heterocycles. The standard InChI is InChI=1S/C16H26N2O/c1-17-13-16(14-7-4-3-5-8-14)19-12-10-15-9-6-11-18(15)2/h3-5,7-8,15-17H,6,9-13H2,1-2H3. The summed E-state index contributed by atoms with van der Waals surface area (Å²) in [6.07, 6.45) is 3.96. The normalized spacial score (nSPS) is 21.7. The third-order valence-electron chi connectivity index (χ3n) is 4.00. The van der Waals surface area contributed by atoms with Crippen LogP contribution in [-0.2, 0) is 4.74 Å². The second-order valence-electron chi connectivity index (χ2n) is 5.39. The highest BCUT2D eigenvalue weighted by molar-refractivity contribution is 5.17. The molecule has 1 aliphatic rings. The summed E-state index contributed by atoms with van der Waals surface area (Å²) in [6, 6.07) is 11.2. The van der Waals surface area contributed by atoms with Crippen molar-refractivity contribution in [3.05, 3.63) is 35.9 Å². The molecule has 1 aliphatic heterocycles. The molecule has 0 spiro atoms. The van der Waals surface area contributed by atoms with Crippen molar-refractivity contribution in [1.82, 2.24) is 10.2 Å². The minimum absolute atomic E-state index is 0.165. The van der Waals surface area contributed by atoms with Gasteiger partial charge in [0, 0.05) is 19.2 Å². The number of nitrogens with one attached hydrogen (secondary N) is 1. The second-order valence-corrected chi connectivity index (χ2v) is 5.39. The van der Waals surface area contributed by atoms with Gasteiger partial charge in [0.15, 0.2) is 0 Å². The predicted molar refractivity (Wildman–Crippen MR) is 79.3 cm³/mol. The monoisotopic (exact) mass is 262 g/mol. The summed E-state index contributed by atoms with van der Waals surface area (Å²) in [5, 5.41) is 3.22. The summed E-state index contributed by atoms with van der Waals surface area (Å²) < 4.78 is 6.09. The number of rotatable bonds is 7. The minimum atomic E-state index is 0.165. The number of hydrogen-bond donors (Lipinski definition) is 1. The average molecular weight is 262 g/mol. The van der Waals surface area contributed by atoms with Crippen LogP contribution in [0.4, 0.5) is 0 Å². The highest BCUT2D eigenvalue weighted by Gasteiger charge is 2.21. The van der Waals surface area contributed by atoms with E-state index in [1.54, 1.807) is 0 Å². The van der Waals surface area contributed by atoms with Crippen LogP contribution < -0.4 is 5.32 Å². The van der Waals surface area contributed by atoms with E-state index >= 15 is 0 Å². The fourth-order valence-electron chi connectivity index (χ4n) is 2.82. The van der Waals surface area contributed by atoms with E-state index < -0.39 is 0 Å². The van der Waals surface area contributed by atoms with Crippen molar-refractivity contribution >= 4 is 0 Å². The van der Waals surface area contributed by atoms with Gasteiger partial charge in [-0.15, -0.1) is 0 Å². The molecular weight excluding hydrogens is 236 g/mol. The second kappa shape index (κ2) is 7.63. The topological polar surface area (TPSA) is 24.5 Å². The molecule has 3 nitrogen and oxygen atoms in total. The molecule has 3 heteroatoms. The Bertz CT molecular complexity index is 355. The van der Waals surface area contributed by atoms with Gasteiger partial charge in [0.25, 0.3) is 0 Å². The first-order valence-corrected chi connectivity index (χ1v) is 7.32. The Balaban J connectivity index is 1.80. The number of nitrogens with zero attached hydrogens (tertiary/aromatic N) is 1. The highest BCUT2D eigenvalue weighted by atomic mass is 16.5. The van der Waals surface area contributed by atoms with Crippen LogP contribution in [0.5, 0.6) is 0 Å². The van der Waals surface area contributed by atoms with Gasteiger partial charge in [-0.1, -0.05) is 30.3 Å². The fourth-order valence-corrected chi connectivity index (χ4v) is 2.82. The maximum Gasteiger partial charge on any atom is 0.0949 e. The Morgan fingerprint density at radius 1 is 1.37 bits per heavy atom. The number of hydrogen-bond acceptors (Lipinski definition) is 3. The Morgan fingerprint density at radius 3 is 2.79 bits per heavy atom. The Labute approximate surface area is 116 Å². The van der Waals surface area contributed by atoms with Crippen molar-refractivity contribution in [2.75, 3.05) is 33.8 Å². The van der Waals surface area contributed by atoms with E-state index in [0.717, 1.165) is 19.6 Å². The van der Waals surface area contributed by atoms with Crippen LogP contribution in [0.2, 0.25) is 0 Å². The molecule has 1 aromatic carbocycles. The van der Waals surface area contributed by atoms with Gasteiger partial charge in [-0.3, -0.25) is 0 Å². The van der Waals surface area contributed by atoms with E-state index in [4.69, 9.17) is 4.74 Å². The lowest BCUT2D eigenvalue weighted by atomic mass is 10.1. The van der Waals surface area contributed by atoms with E-state index in [2.05, 4.69) is 41.5 Å². The number of benzene rings is 1. The van der Waals surface area contributed by atoms with Gasteiger partial charge in [-0.25, -0.2) is 0 Å². The number of likely N-dealkylation sites (tertiary alicyclic amines) is 1. The summed E-state index contributed by atoms with van der Waals surface area (Å²) >= 11 is 0. The smallest absolute Gasteiger partial charge is 0.0949 e. The van der Waals surface area contributed by atoms with Gasteiger partial charge < -0.3 is 15.0 Å². The molecule has 0 aliphatic carbocycles. The van der Waals surface area contributed by atoms with Crippen LogP contribution in [0.25, 0.3) is 0 Å². The molecule has 1 saturated heterocycles. The molecule has 0 saturated carbocycles. The molecular formula is C16H26N2O. The van der Waals surface area contributed by atoms with Crippen LogP contribution in [0.1, 0.15) is 30.9 Å². The molecule has 2 atom stereocenters. The van der Waals surface area contributed by atoms with Crippen LogP contribution in [0.3, 0.4) is 0 Å². The zero-order chi connectivity index (χ0) is 13.5. The number of ether oxygens (including phenoxy) is 1. The number of likely N-dealkylation sites (N-methyl/N-ethyl adjacent to an activating group) is 1. The van der Waals surface area contributed by atoms with E-state index in [-0.39, 0.29) is 6.10 Å². The van der Waals surface area contributed by atoms with Crippen molar-refractivity contribution < 1.29 is 4.74 Å². The van der Waals surface area contributed by atoms with E-state index in [1.807, 2.05) is 13.1 Å². The molecule has 1 fully saturated rings. The minimum Gasteiger partial charge on any atom is -0.372 e. The first-order valence-electron chi connectivity index (χ1n) is 7.32. The van der Waals surface area contributed by atoms with Crippen molar-refractivity contribution in [1.29, 1.82) is 0 Å². The lowest BCUT2D eigenvalue weighted by Crippen LogP contribution is -2.27. The molecule has 106 valence electrons. The van der Waals surface area contributed by atoms with Crippen molar-refractivity contribution in [2.24, 2.45) is 0 Å². The molecule has 1 N–H and O–H groups in total. The third-order valence-corrected chi connectivity index (χ3v) is 4.00. The maximum absolute atomic E-state index is 6.09. The molecule has 0 bridgehead atoms. The van der Waals surface area contributed by atoms with E-state index in [1.165, 1.54) is 24.9 Å². The van der Waals surface area contributed by atoms with E-state index in [9.17, 15) is 0 Å². The molecule has 2 unspecified atom stereocenters. The average Bonchev–Trinajstić information content (AvgIpc) is 2.84. The summed E-state index contributed by atoms with van der Waals surface area (Å²) in [6.45, 7) is 2.95. The maximum atomic E-state index is 6.09. The first-order chi connectivity index (χ1) is 9.31. The van der Waals surface area contributed by atoms with Crippen molar-refractivity contribution in [3.63, 3.8) is 0 Å². The van der Waals surface area contributed by atoms with Gasteiger partial charge in [0.05, 0.1) is 6.10 Å². The molecule has 2 rings (SSSR count). The van der Waals surface area contributed by atoms with Crippen LogP contribution >= 0.6 is 0 Å². The molecule has 1 aromatic rings.